The summed E-state index contributed by atoms with van der Waals surface area (Å²) in [6.45, 7) is 5.06. The standard InChI is InChI=1S/C16H25N5O2/c1-19(13-16(22)20-8-10-23-11-9-20)12-14-4-3-7-21(14)15-5-2-6-17-18-15/h2,5-6,14H,3-4,7-13H2,1H3. The van der Waals surface area contributed by atoms with Crippen LogP contribution in [0, 0.1) is 0 Å². The van der Waals surface area contributed by atoms with Gasteiger partial charge in [0.25, 0.3) is 0 Å². The predicted molar refractivity (Wildman–Crippen MR) is 87.3 cm³/mol. The van der Waals surface area contributed by atoms with E-state index in [1.165, 1.54) is 0 Å². The minimum atomic E-state index is 0.194. The minimum absolute atomic E-state index is 0.194. The second-order valence-electron chi connectivity index (χ2n) is 6.26. The maximum Gasteiger partial charge on any atom is 0.236 e. The van der Waals surface area contributed by atoms with Gasteiger partial charge in [0.05, 0.1) is 19.8 Å². The summed E-state index contributed by atoms with van der Waals surface area (Å²) >= 11 is 0. The van der Waals surface area contributed by atoms with Gasteiger partial charge in [-0.3, -0.25) is 9.69 Å². The van der Waals surface area contributed by atoms with Crippen molar-refractivity contribution in [3.05, 3.63) is 18.3 Å². The van der Waals surface area contributed by atoms with Crippen LogP contribution in [0.5, 0.6) is 0 Å². The van der Waals surface area contributed by atoms with Gasteiger partial charge in [-0.05, 0) is 32.0 Å². The Bertz CT molecular complexity index is 506. The molecule has 0 N–H and O–H groups in total. The third-order valence-corrected chi connectivity index (χ3v) is 4.52. The first-order chi connectivity index (χ1) is 11.2. The van der Waals surface area contributed by atoms with E-state index in [1.54, 1.807) is 6.20 Å². The summed E-state index contributed by atoms with van der Waals surface area (Å²) in [4.78, 5) is 18.7. The monoisotopic (exact) mass is 319 g/mol. The Kier molecular flexibility index (Phi) is 5.40. The van der Waals surface area contributed by atoms with Gasteiger partial charge in [0.15, 0.2) is 5.82 Å². The molecule has 3 heterocycles. The Morgan fingerprint density at radius 2 is 2.22 bits per heavy atom. The van der Waals surface area contributed by atoms with E-state index in [2.05, 4.69) is 20.0 Å². The van der Waals surface area contributed by atoms with Gasteiger partial charge in [-0.15, -0.1) is 5.10 Å². The molecule has 1 aromatic heterocycles. The molecule has 3 rings (SSSR count). The number of carbonyl (C=O) groups is 1. The highest BCUT2D eigenvalue weighted by atomic mass is 16.5. The second kappa shape index (κ2) is 7.70. The molecular weight excluding hydrogens is 294 g/mol. The van der Waals surface area contributed by atoms with Gasteiger partial charge >= 0.3 is 0 Å². The molecule has 0 spiro atoms. The van der Waals surface area contributed by atoms with E-state index in [9.17, 15) is 4.79 Å². The molecule has 2 aliphatic heterocycles. The molecule has 0 bridgehead atoms. The van der Waals surface area contributed by atoms with Crippen molar-refractivity contribution in [3.8, 4) is 0 Å². The first-order valence-corrected chi connectivity index (χ1v) is 8.32. The number of nitrogens with zero attached hydrogens (tertiary/aromatic N) is 5. The number of likely N-dealkylation sites (N-methyl/N-ethyl adjacent to an activating group) is 1. The van der Waals surface area contributed by atoms with Crippen LogP contribution in [0.4, 0.5) is 5.82 Å². The molecular formula is C16H25N5O2. The Morgan fingerprint density at radius 1 is 1.39 bits per heavy atom. The number of ether oxygens (including phenoxy) is 1. The van der Waals surface area contributed by atoms with E-state index in [1.807, 2.05) is 24.1 Å². The average Bonchev–Trinajstić information content (AvgIpc) is 3.04. The number of hydrogen-bond acceptors (Lipinski definition) is 6. The zero-order chi connectivity index (χ0) is 16.1. The summed E-state index contributed by atoms with van der Waals surface area (Å²) in [5, 5.41) is 8.20. The molecule has 7 nitrogen and oxygen atoms in total. The molecule has 1 amide bonds. The zero-order valence-corrected chi connectivity index (χ0v) is 13.7. The van der Waals surface area contributed by atoms with Crippen molar-refractivity contribution >= 4 is 11.7 Å². The van der Waals surface area contributed by atoms with Crippen LogP contribution >= 0.6 is 0 Å². The summed E-state index contributed by atoms with van der Waals surface area (Å²) in [7, 11) is 2.02. The number of rotatable bonds is 5. The number of hydrogen-bond donors (Lipinski definition) is 0. The zero-order valence-electron chi connectivity index (χ0n) is 13.7. The van der Waals surface area contributed by atoms with Crippen molar-refractivity contribution in [2.45, 2.75) is 18.9 Å². The molecule has 2 saturated heterocycles. The van der Waals surface area contributed by atoms with Crippen LogP contribution < -0.4 is 4.90 Å². The maximum absolute atomic E-state index is 12.3. The molecule has 1 unspecified atom stereocenters. The van der Waals surface area contributed by atoms with E-state index in [-0.39, 0.29) is 5.91 Å². The van der Waals surface area contributed by atoms with E-state index in [4.69, 9.17) is 4.74 Å². The molecule has 0 saturated carbocycles. The van der Waals surface area contributed by atoms with Crippen LogP contribution in [0.1, 0.15) is 12.8 Å². The van der Waals surface area contributed by atoms with Crippen LogP contribution in [0.25, 0.3) is 0 Å². The lowest BCUT2D eigenvalue weighted by Crippen LogP contribution is -2.47. The normalized spacial score (nSPS) is 21.9. The highest BCUT2D eigenvalue weighted by Crippen LogP contribution is 2.23. The van der Waals surface area contributed by atoms with Crippen LogP contribution in [0.15, 0.2) is 18.3 Å². The third-order valence-electron chi connectivity index (χ3n) is 4.52. The summed E-state index contributed by atoms with van der Waals surface area (Å²) in [6, 6.07) is 4.32. The summed E-state index contributed by atoms with van der Waals surface area (Å²) in [5.41, 5.74) is 0. The lowest BCUT2D eigenvalue weighted by Gasteiger charge is -2.31. The van der Waals surface area contributed by atoms with Gasteiger partial charge in [-0.25, -0.2) is 0 Å². The fraction of sp³-hybridized carbons (Fsp3) is 0.688. The molecule has 23 heavy (non-hydrogen) atoms. The largest absolute Gasteiger partial charge is 0.378 e. The molecule has 0 aromatic carbocycles. The highest BCUT2D eigenvalue weighted by molar-refractivity contribution is 5.78. The van der Waals surface area contributed by atoms with E-state index >= 15 is 0 Å². The van der Waals surface area contributed by atoms with Crippen molar-refractivity contribution in [1.82, 2.24) is 20.0 Å². The van der Waals surface area contributed by atoms with E-state index in [0.717, 1.165) is 31.7 Å². The number of aromatic nitrogens is 2. The van der Waals surface area contributed by atoms with Gasteiger partial charge in [-0.2, -0.15) is 5.10 Å². The van der Waals surface area contributed by atoms with E-state index < -0.39 is 0 Å². The summed E-state index contributed by atoms with van der Waals surface area (Å²) in [5.74, 6) is 1.13. The molecule has 2 aliphatic rings. The lowest BCUT2D eigenvalue weighted by atomic mass is 10.2. The fourth-order valence-corrected chi connectivity index (χ4v) is 3.34. The smallest absolute Gasteiger partial charge is 0.236 e. The van der Waals surface area contributed by atoms with Gasteiger partial charge in [0, 0.05) is 38.4 Å². The van der Waals surface area contributed by atoms with Gasteiger partial charge in [0.1, 0.15) is 0 Å². The summed E-state index contributed by atoms with van der Waals surface area (Å²) in [6.07, 6.45) is 3.99. The van der Waals surface area contributed by atoms with Crippen molar-refractivity contribution in [1.29, 1.82) is 0 Å². The molecule has 7 heteroatoms. The molecule has 0 aliphatic carbocycles. The first kappa shape index (κ1) is 16.1. The number of morpholine rings is 1. The molecule has 1 atom stereocenters. The molecule has 1 aromatic rings. The average molecular weight is 319 g/mol. The Balaban J connectivity index is 1.52. The molecule has 126 valence electrons. The van der Waals surface area contributed by atoms with Crippen molar-refractivity contribution in [2.24, 2.45) is 0 Å². The van der Waals surface area contributed by atoms with Crippen LogP contribution in [0.2, 0.25) is 0 Å². The van der Waals surface area contributed by atoms with Crippen LogP contribution in [-0.4, -0.2) is 84.9 Å². The minimum Gasteiger partial charge on any atom is -0.378 e. The molecule has 0 radical (unpaired) electrons. The van der Waals surface area contributed by atoms with E-state index in [0.29, 0.717) is 38.9 Å². The van der Waals surface area contributed by atoms with Gasteiger partial charge in [0.2, 0.25) is 5.91 Å². The Morgan fingerprint density at radius 3 is 2.96 bits per heavy atom. The number of carbonyl (C=O) groups excluding carboxylic acids is 1. The van der Waals surface area contributed by atoms with Crippen molar-refractivity contribution in [2.75, 3.05) is 57.9 Å². The third kappa shape index (κ3) is 4.17. The number of anilines is 1. The fourth-order valence-electron chi connectivity index (χ4n) is 3.34. The SMILES string of the molecule is CN(CC(=O)N1CCOCC1)CC1CCCN1c1cccnn1. The lowest BCUT2D eigenvalue weighted by molar-refractivity contribution is -0.136. The second-order valence-corrected chi connectivity index (χ2v) is 6.26. The van der Waals surface area contributed by atoms with Gasteiger partial charge in [-0.1, -0.05) is 0 Å². The Hall–Kier alpha value is -1.73. The van der Waals surface area contributed by atoms with Crippen molar-refractivity contribution < 1.29 is 9.53 Å². The predicted octanol–water partition coefficient (Wildman–Crippen LogP) is 0.236. The highest BCUT2D eigenvalue weighted by Gasteiger charge is 2.28. The van der Waals surface area contributed by atoms with Crippen LogP contribution in [0.3, 0.4) is 0 Å². The number of amides is 1. The van der Waals surface area contributed by atoms with Crippen molar-refractivity contribution in [3.63, 3.8) is 0 Å². The first-order valence-electron chi connectivity index (χ1n) is 8.32. The molecule has 2 fully saturated rings. The van der Waals surface area contributed by atoms with Crippen LogP contribution in [-0.2, 0) is 9.53 Å². The van der Waals surface area contributed by atoms with Gasteiger partial charge < -0.3 is 14.5 Å². The quantitative estimate of drug-likeness (QED) is 0.775. The topological polar surface area (TPSA) is 61.8 Å². The summed E-state index contributed by atoms with van der Waals surface area (Å²) < 4.78 is 5.30. The Labute approximate surface area is 137 Å². The maximum atomic E-state index is 12.3.